The minimum Gasteiger partial charge on any atom is -0.370 e. The van der Waals surface area contributed by atoms with Gasteiger partial charge in [-0.05, 0) is 37.3 Å². The number of rotatable bonds is 4. The largest absolute Gasteiger partial charge is 0.370 e. The normalized spacial score (nSPS) is 17.4. The van der Waals surface area contributed by atoms with Crippen LogP contribution in [0.4, 0.5) is 5.69 Å². The summed E-state index contributed by atoms with van der Waals surface area (Å²) in [5.74, 6) is 0. The number of fused-ring (bicyclic) bond motifs is 1. The molecule has 0 fully saturated rings. The van der Waals surface area contributed by atoms with Gasteiger partial charge in [0.2, 0.25) is 0 Å². The molecule has 2 nitrogen and oxygen atoms in total. The Morgan fingerprint density at radius 1 is 1.29 bits per heavy atom. The first kappa shape index (κ1) is 12.4. The van der Waals surface area contributed by atoms with E-state index in [1.54, 1.807) is 0 Å². The van der Waals surface area contributed by atoms with Gasteiger partial charge >= 0.3 is 0 Å². The van der Waals surface area contributed by atoms with E-state index in [1.165, 1.54) is 36.9 Å². The van der Waals surface area contributed by atoms with Crippen LogP contribution >= 0.6 is 0 Å². The van der Waals surface area contributed by atoms with Crippen LogP contribution < -0.4 is 10.6 Å². The van der Waals surface area contributed by atoms with Crippen molar-refractivity contribution in [2.75, 3.05) is 18.0 Å². The molecule has 1 aliphatic heterocycles. The van der Waals surface area contributed by atoms with Gasteiger partial charge in [0.15, 0.2) is 0 Å². The predicted octanol–water partition coefficient (Wildman–Crippen LogP) is 2.96. The Hall–Kier alpha value is -1.02. The number of para-hydroxylation sites is 1. The minimum absolute atomic E-state index is 0.311. The summed E-state index contributed by atoms with van der Waals surface area (Å²) in [5, 5.41) is 0. The molecule has 2 rings (SSSR count). The summed E-state index contributed by atoms with van der Waals surface area (Å²) in [6.07, 6.45) is 6.11. The molecule has 1 aromatic carbocycles. The van der Waals surface area contributed by atoms with Crippen molar-refractivity contribution in [1.29, 1.82) is 0 Å². The lowest BCUT2D eigenvalue weighted by Gasteiger charge is -2.27. The van der Waals surface area contributed by atoms with Gasteiger partial charge in [-0.2, -0.15) is 0 Å². The Kier molecular flexibility index (Phi) is 4.43. The second-order valence-corrected chi connectivity index (χ2v) is 5.08. The van der Waals surface area contributed by atoms with E-state index in [0.29, 0.717) is 6.04 Å². The zero-order chi connectivity index (χ0) is 12.1. The Morgan fingerprint density at radius 3 is 2.94 bits per heavy atom. The van der Waals surface area contributed by atoms with Gasteiger partial charge in [-0.15, -0.1) is 0 Å². The molecule has 0 aromatic heterocycles. The predicted molar refractivity (Wildman–Crippen MR) is 74.5 cm³/mol. The van der Waals surface area contributed by atoms with E-state index < -0.39 is 0 Å². The zero-order valence-corrected chi connectivity index (χ0v) is 10.9. The van der Waals surface area contributed by atoms with Gasteiger partial charge in [0.05, 0.1) is 0 Å². The number of anilines is 1. The van der Waals surface area contributed by atoms with E-state index in [9.17, 15) is 0 Å². The maximum Gasteiger partial charge on any atom is 0.0399 e. The summed E-state index contributed by atoms with van der Waals surface area (Å²) >= 11 is 0. The fourth-order valence-corrected chi connectivity index (χ4v) is 2.70. The third-order valence-electron chi connectivity index (χ3n) is 3.57. The topological polar surface area (TPSA) is 29.3 Å². The second kappa shape index (κ2) is 6.06. The van der Waals surface area contributed by atoms with Crippen molar-refractivity contribution in [3.05, 3.63) is 29.8 Å². The van der Waals surface area contributed by atoms with Gasteiger partial charge in [-0.1, -0.05) is 31.5 Å². The second-order valence-electron chi connectivity index (χ2n) is 5.08. The van der Waals surface area contributed by atoms with E-state index in [-0.39, 0.29) is 0 Å². The molecular weight excluding hydrogens is 208 g/mol. The van der Waals surface area contributed by atoms with Crippen molar-refractivity contribution in [1.82, 2.24) is 0 Å². The highest BCUT2D eigenvalue weighted by Crippen LogP contribution is 2.26. The smallest absolute Gasteiger partial charge is 0.0399 e. The molecule has 0 radical (unpaired) electrons. The van der Waals surface area contributed by atoms with Crippen LogP contribution in [0.25, 0.3) is 0 Å². The standard InChI is InChI=1S/C15H24N2/c1-2-7-14(16)12-17-11-6-5-9-13-8-3-4-10-15(13)17/h3-4,8,10,14H,2,5-7,9,11-12,16H2,1H3. The molecule has 17 heavy (non-hydrogen) atoms. The van der Waals surface area contributed by atoms with Crippen LogP contribution in [-0.4, -0.2) is 19.1 Å². The molecule has 1 heterocycles. The molecule has 0 bridgehead atoms. The summed E-state index contributed by atoms with van der Waals surface area (Å²) in [6, 6.07) is 9.11. The van der Waals surface area contributed by atoms with Crippen molar-refractivity contribution in [2.24, 2.45) is 5.73 Å². The summed E-state index contributed by atoms with van der Waals surface area (Å²) in [7, 11) is 0. The molecule has 0 amide bonds. The zero-order valence-electron chi connectivity index (χ0n) is 10.9. The monoisotopic (exact) mass is 232 g/mol. The number of benzene rings is 1. The van der Waals surface area contributed by atoms with Crippen LogP contribution in [-0.2, 0) is 6.42 Å². The van der Waals surface area contributed by atoms with E-state index in [4.69, 9.17) is 5.73 Å². The van der Waals surface area contributed by atoms with E-state index in [1.807, 2.05) is 0 Å². The van der Waals surface area contributed by atoms with Crippen LogP contribution in [0.1, 0.15) is 38.2 Å². The van der Waals surface area contributed by atoms with E-state index in [0.717, 1.165) is 19.5 Å². The van der Waals surface area contributed by atoms with Crippen molar-refractivity contribution >= 4 is 5.69 Å². The fourth-order valence-electron chi connectivity index (χ4n) is 2.70. The highest BCUT2D eigenvalue weighted by molar-refractivity contribution is 5.54. The van der Waals surface area contributed by atoms with Crippen LogP contribution in [0.2, 0.25) is 0 Å². The Balaban J connectivity index is 2.11. The third-order valence-corrected chi connectivity index (χ3v) is 3.57. The highest BCUT2D eigenvalue weighted by atomic mass is 15.1. The molecule has 1 unspecified atom stereocenters. The first-order valence-electron chi connectivity index (χ1n) is 6.89. The number of hydrogen-bond acceptors (Lipinski definition) is 2. The maximum absolute atomic E-state index is 6.18. The fraction of sp³-hybridized carbons (Fsp3) is 0.600. The van der Waals surface area contributed by atoms with Gasteiger partial charge in [-0.25, -0.2) is 0 Å². The summed E-state index contributed by atoms with van der Waals surface area (Å²) in [6.45, 7) is 4.37. The summed E-state index contributed by atoms with van der Waals surface area (Å²) in [4.78, 5) is 2.49. The van der Waals surface area contributed by atoms with Crippen molar-refractivity contribution in [2.45, 2.75) is 45.1 Å². The Morgan fingerprint density at radius 2 is 2.12 bits per heavy atom. The first-order chi connectivity index (χ1) is 8.31. The van der Waals surface area contributed by atoms with Crippen molar-refractivity contribution in [3.63, 3.8) is 0 Å². The first-order valence-corrected chi connectivity index (χ1v) is 6.89. The molecule has 0 spiro atoms. The highest BCUT2D eigenvalue weighted by Gasteiger charge is 2.16. The average molecular weight is 232 g/mol. The number of hydrogen-bond donors (Lipinski definition) is 1. The molecule has 1 aromatic rings. The van der Waals surface area contributed by atoms with Gasteiger partial charge in [0.25, 0.3) is 0 Å². The van der Waals surface area contributed by atoms with Gasteiger partial charge in [0, 0.05) is 24.8 Å². The minimum atomic E-state index is 0.311. The quantitative estimate of drug-likeness (QED) is 0.865. The molecule has 2 N–H and O–H groups in total. The van der Waals surface area contributed by atoms with E-state index >= 15 is 0 Å². The molecule has 1 atom stereocenters. The molecular formula is C15H24N2. The lowest BCUT2D eigenvalue weighted by molar-refractivity contribution is 0.575. The third kappa shape index (κ3) is 3.22. The van der Waals surface area contributed by atoms with E-state index in [2.05, 4.69) is 36.1 Å². The van der Waals surface area contributed by atoms with Crippen molar-refractivity contribution in [3.8, 4) is 0 Å². The maximum atomic E-state index is 6.18. The van der Waals surface area contributed by atoms with Crippen LogP contribution in [0.15, 0.2) is 24.3 Å². The number of aryl methyl sites for hydroxylation is 1. The number of nitrogens with zero attached hydrogens (tertiary/aromatic N) is 1. The van der Waals surface area contributed by atoms with Crippen LogP contribution in [0.5, 0.6) is 0 Å². The average Bonchev–Trinajstić information content (AvgIpc) is 2.53. The van der Waals surface area contributed by atoms with Gasteiger partial charge in [0.1, 0.15) is 0 Å². The van der Waals surface area contributed by atoms with Gasteiger partial charge < -0.3 is 10.6 Å². The summed E-state index contributed by atoms with van der Waals surface area (Å²) < 4.78 is 0. The lowest BCUT2D eigenvalue weighted by atomic mass is 10.1. The molecule has 0 saturated heterocycles. The number of nitrogens with two attached hydrogens (primary N) is 1. The lowest BCUT2D eigenvalue weighted by Crippen LogP contribution is -2.38. The SMILES string of the molecule is CCCC(N)CN1CCCCc2ccccc21. The van der Waals surface area contributed by atoms with Crippen LogP contribution in [0, 0.1) is 0 Å². The Bertz CT molecular complexity index is 349. The van der Waals surface area contributed by atoms with Gasteiger partial charge in [-0.3, -0.25) is 0 Å². The molecule has 2 heteroatoms. The molecule has 0 saturated carbocycles. The molecule has 1 aliphatic rings. The van der Waals surface area contributed by atoms with Crippen molar-refractivity contribution < 1.29 is 0 Å². The summed E-state index contributed by atoms with van der Waals surface area (Å²) in [5.41, 5.74) is 9.09. The molecule has 94 valence electrons. The van der Waals surface area contributed by atoms with Crippen LogP contribution in [0.3, 0.4) is 0 Å². The molecule has 0 aliphatic carbocycles. The Labute approximate surface area is 105 Å².